The molecule has 0 saturated heterocycles. The Morgan fingerprint density at radius 3 is 2.30 bits per heavy atom. The highest BCUT2D eigenvalue weighted by Crippen LogP contribution is 2.53. The van der Waals surface area contributed by atoms with Gasteiger partial charge in [-0.25, -0.2) is 0 Å². The van der Waals surface area contributed by atoms with E-state index in [0.29, 0.717) is 16.8 Å². The van der Waals surface area contributed by atoms with Gasteiger partial charge in [0.05, 0.1) is 11.6 Å². The number of rotatable bonds is 3. The second kappa shape index (κ2) is 8.19. The number of nitrogen functional groups attached to an aromatic ring is 1. The normalized spacial score (nSPS) is 27.2. The van der Waals surface area contributed by atoms with Crippen LogP contribution in [0.1, 0.15) is 17.5 Å². The maximum atomic E-state index is 13.9. The topological polar surface area (TPSA) is 187 Å². The third-order valence-electron chi connectivity index (χ3n) is 7.83. The predicted octanol–water partition coefficient (Wildman–Crippen LogP) is 1.21. The van der Waals surface area contributed by atoms with Gasteiger partial charge in [0.25, 0.3) is 5.91 Å². The zero-order valence-electron chi connectivity index (χ0n) is 20.2. The van der Waals surface area contributed by atoms with E-state index in [9.17, 15) is 34.8 Å². The number of phenols is 1. The number of primary amides is 1. The summed E-state index contributed by atoms with van der Waals surface area (Å²) in [6, 6.07) is 9.04. The van der Waals surface area contributed by atoms with Crippen molar-refractivity contribution < 1.29 is 34.8 Å². The molecule has 0 radical (unpaired) electrons. The van der Waals surface area contributed by atoms with Crippen molar-refractivity contribution in [2.24, 2.45) is 17.6 Å². The lowest BCUT2D eigenvalue weighted by Crippen LogP contribution is -2.65. The number of benzene rings is 2. The standard InChI is InChI=1S/C27H27N3O7/c1-30(2)21-16-10-12-9-15-14(11-3-5-13(28)6-4-11)7-8-17(31)19(15)22(32)18(12)24(34)27(16,37)25(35)20(23(21)33)26(29)36/h3-8,12,16,21,31-32,35,37H,9-10,28H2,1-2H3,(H2,29,36)/t12?,16?,21-,27-/m0/s1. The molecule has 192 valence electrons. The van der Waals surface area contributed by atoms with E-state index in [2.05, 4.69) is 0 Å². The number of phenolic OH excluding ortho intramolecular Hbond substituents is 1. The van der Waals surface area contributed by atoms with Crippen LogP contribution in [-0.2, 0) is 20.8 Å². The van der Waals surface area contributed by atoms with Crippen molar-refractivity contribution in [3.05, 3.63) is 64.4 Å². The van der Waals surface area contributed by atoms with Crippen molar-refractivity contribution in [1.29, 1.82) is 0 Å². The molecule has 0 spiro atoms. The molecular formula is C27H27N3O7. The third kappa shape index (κ3) is 3.29. The number of ketones is 2. The zero-order valence-corrected chi connectivity index (χ0v) is 20.2. The molecule has 0 heterocycles. The van der Waals surface area contributed by atoms with E-state index in [1.54, 1.807) is 44.4 Å². The predicted molar refractivity (Wildman–Crippen MR) is 134 cm³/mol. The molecule has 0 aromatic heterocycles. The Kier molecular flexibility index (Phi) is 5.43. The number of Topliss-reactive ketones (excluding diaryl/α,β-unsaturated/α-hetero) is 2. The molecule has 8 N–H and O–H groups in total. The summed E-state index contributed by atoms with van der Waals surface area (Å²) >= 11 is 0. The maximum Gasteiger partial charge on any atom is 0.255 e. The molecule has 0 bridgehead atoms. The van der Waals surface area contributed by atoms with Crippen LogP contribution in [0.3, 0.4) is 0 Å². The summed E-state index contributed by atoms with van der Waals surface area (Å²) in [5.41, 5.74) is 10.2. The van der Waals surface area contributed by atoms with Crippen LogP contribution in [0, 0.1) is 11.8 Å². The number of nitrogens with two attached hydrogens (primary N) is 2. The number of nitrogens with zero attached hydrogens (tertiary/aromatic N) is 1. The van der Waals surface area contributed by atoms with E-state index in [-0.39, 0.29) is 29.7 Å². The summed E-state index contributed by atoms with van der Waals surface area (Å²) in [5, 5.41) is 44.5. The molecule has 1 fully saturated rings. The van der Waals surface area contributed by atoms with Crippen LogP contribution in [0.5, 0.6) is 5.75 Å². The first kappa shape index (κ1) is 24.5. The van der Waals surface area contributed by atoms with Crippen LogP contribution in [-0.4, -0.2) is 68.5 Å². The average Bonchev–Trinajstić information content (AvgIpc) is 2.82. The lowest BCUT2D eigenvalue weighted by molar-refractivity contribution is -0.153. The summed E-state index contributed by atoms with van der Waals surface area (Å²) in [6.45, 7) is 0. The van der Waals surface area contributed by atoms with Crippen molar-refractivity contribution >= 4 is 28.9 Å². The zero-order chi connectivity index (χ0) is 27.0. The number of carbonyl (C=O) groups excluding carboxylic acids is 3. The maximum absolute atomic E-state index is 13.9. The van der Waals surface area contributed by atoms with Crippen molar-refractivity contribution in [2.45, 2.75) is 24.5 Å². The monoisotopic (exact) mass is 505 g/mol. The van der Waals surface area contributed by atoms with Gasteiger partial charge in [-0.05, 0) is 67.7 Å². The van der Waals surface area contributed by atoms with Gasteiger partial charge in [0.15, 0.2) is 11.4 Å². The largest absolute Gasteiger partial charge is 0.508 e. The number of aromatic hydroxyl groups is 1. The Morgan fingerprint density at radius 1 is 1.05 bits per heavy atom. The first-order valence-electron chi connectivity index (χ1n) is 11.7. The number of likely N-dealkylation sites (N-methyl/N-ethyl adjacent to an activating group) is 1. The van der Waals surface area contributed by atoms with Gasteiger partial charge in [-0.3, -0.25) is 19.3 Å². The van der Waals surface area contributed by atoms with Crippen molar-refractivity contribution in [1.82, 2.24) is 4.90 Å². The van der Waals surface area contributed by atoms with Gasteiger partial charge in [0.2, 0.25) is 5.78 Å². The summed E-state index contributed by atoms with van der Waals surface area (Å²) in [4.78, 5) is 40.5. The number of hydrogen-bond acceptors (Lipinski definition) is 9. The van der Waals surface area contributed by atoms with Gasteiger partial charge in [-0.2, -0.15) is 0 Å². The average molecular weight is 506 g/mol. The molecule has 3 aliphatic rings. The fourth-order valence-electron chi connectivity index (χ4n) is 6.18. The minimum Gasteiger partial charge on any atom is -0.508 e. The molecule has 10 nitrogen and oxygen atoms in total. The molecule has 0 aliphatic heterocycles. The van der Waals surface area contributed by atoms with Crippen molar-refractivity contribution in [3.63, 3.8) is 0 Å². The quantitative estimate of drug-likeness (QED) is 0.263. The van der Waals surface area contributed by atoms with Gasteiger partial charge in [-0.1, -0.05) is 18.2 Å². The summed E-state index contributed by atoms with van der Waals surface area (Å²) in [5.74, 6) is -6.75. The van der Waals surface area contributed by atoms with Gasteiger partial charge < -0.3 is 31.9 Å². The first-order valence-corrected chi connectivity index (χ1v) is 11.7. The highest BCUT2D eigenvalue weighted by atomic mass is 16.3. The van der Waals surface area contributed by atoms with Gasteiger partial charge in [-0.15, -0.1) is 0 Å². The molecular weight excluding hydrogens is 478 g/mol. The minimum absolute atomic E-state index is 0.0304. The highest BCUT2D eigenvalue weighted by molar-refractivity contribution is 6.24. The Labute approximate surface area is 212 Å². The number of fused-ring (bicyclic) bond motifs is 3. The fourth-order valence-corrected chi connectivity index (χ4v) is 6.18. The molecule has 3 aliphatic carbocycles. The van der Waals surface area contributed by atoms with E-state index in [0.717, 1.165) is 5.56 Å². The number of aliphatic hydroxyl groups excluding tert-OH is 2. The molecule has 2 aromatic rings. The van der Waals surface area contributed by atoms with E-state index < -0.39 is 58.0 Å². The lowest BCUT2D eigenvalue weighted by atomic mass is 9.57. The van der Waals surface area contributed by atoms with Crippen LogP contribution in [0.4, 0.5) is 5.69 Å². The second-order valence-electron chi connectivity index (χ2n) is 10.1. The Hall–Kier alpha value is -4.15. The van der Waals surface area contributed by atoms with Gasteiger partial charge >= 0.3 is 0 Å². The smallest absolute Gasteiger partial charge is 0.255 e. The third-order valence-corrected chi connectivity index (χ3v) is 7.83. The summed E-state index contributed by atoms with van der Waals surface area (Å²) in [6.07, 6.45) is 0.241. The van der Waals surface area contributed by atoms with Crippen molar-refractivity contribution in [3.8, 4) is 16.9 Å². The van der Waals surface area contributed by atoms with Crippen LogP contribution >= 0.6 is 0 Å². The van der Waals surface area contributed by atoms with Crippen LogP contribution in [0.2, 0.25) is 0 Å². The number of hydrogen-bond donors (Lipinski definition) is 6. The Morgan fingerprint density at radius 2 is 1.70 bits per heavy atom. The number of aliphatic hydroxyl groups is 3. The van der Waals surface area contributed by atoms with Gasteiger partial charge in [0, 0.05) is 17.2 Å². The molecule has 1 amide bonds. The van der Waals surface area contributed by atoms with Gasteiger partial charge in [0.1, 0.15) is 22.8 Å². The van der Waals surface area contributed by atoms with Crippen LogP contribution in [0.15, 0.2) is 53.3 Å². The molecule has 1 saturated carbocycles. The molecule has 37 heavy (non-hydrogen) atoms. The lowest BCUT2D eigenvalue weighted by Gasteiger charge is -2.50. The molecule has 5 rings (SSSR count). The molecule has 4 atom stereocenters. The van der Waals surface area contributed by atoms with Crippen molar-refractivity contribution in [2.75, 3.05) is 19.8 Å². The number of carbonyl (C=O) groups is 3. The second-order valence-corrected chi connectivity index (χ2v) is 10.1. The molecule has 2 unspecified atom stereocenters. The van der Waals surface area contributed by atoms with E-state index in [4.69, 9.17) is 11.5 Å². The van der Waals surface area contributed by atoms with Crippen LogP contribution < -0.4 is 11.5 Å². The van der Waals surface area contributed by atoms with E-state index in [1.165, 1.54) is 11.0 Å². The molecule has 10 heteroatoms. The Bertz CT molecular complexity index is 1440. The van der Waals surface area contributed by atoms with E-state index in [1.807, 2.05) is 0 Å². The highest BCUT2D eigenvalue weighted by Gasteiger charge is 2.64. The van der Waals surface area contributed by atoms with E-state index >= 15 is 0 Å². The minimum atomic E-state index is -2.66. The summed E-state index contributed by atoms with van der Waals surface area (Å²) < 4.78 is 0. The number of amides is 1. The van der Waals surface area contributed by atoms with Crippen LogP contribution in [0.25, 0.3) is 16.9 Å². The summed E-state index contributed by atoms with van der Waals surface area (Å²) in [7, 11) is 3.12. The number of anilines is 1. The SMILES string of the molecule is CN(C)[C@@H]1C(=O)C(C(N)=O)=C(O)[C@@]2(O)C(=O)C3=C(O)c4c(O)ccc(-c5ccc(N)cc5)c4CC3CC12. The first-order chi connectivity index (χ1) is 17.4. The fraction of sp³-hybridized carbons (Fsp3) is 0.296. The Balaban J connectivity index is 1.74. The molecule has 2 aromatic carbocycles.